The lowest BCUT2D eigenvalue weighted by Gasteiger charge is -2.12. The van der Waals surface area contributed by atoms with Crippen LogP contribution in [0.15, 0.2) is 42.7 Å². The van der Waals surface area contributed by atoms with Crippen molar-refractivity contribution < 1.29 is 13.9 Å². The molecule has 0 amide bonds. The Bertz CT molecular complexity index is 806. The summed E-state index contributed by atoms with van der Waals surface area (Å²) < 4.78 is 28.3. The monoisotopic (exact) mass is 318 g/mol. The molecule has 1 aromatic carbocycles. The molecule has 120 valence electrons. The zero-order valence-electron chi connectivity index (χ0n) is 12.3. The fraction of sp³-hybridized carbons (Fsp3) is 0.250. The van der Waals surface area contributed by atoms with Crippen molar-refractivity contribution in [1.82, 2.24) is 14.6 Å². The molecular formula is C16H16F2N4O. The van der Waals surface area contributed by atoms with Crippen LogP contribution in [0.5, 0.6) is 0 Å². The molecule has 0 aliphatic rings. The topological polar surface area (TPSA) is 62.5 Å². The van der Waals surface area contributed by atoms with E-state index in [1.165, 1.54) is 0 Å². The van der Waals surface area contributed by atoms with E-state index < -0.39 is 17.7 Å². The van der Waals surface area contributed by atoms with Gasteiger partial charge in [-0.05, 0) is 37.1 Å². The van der Waals surface area contributed by atoms with E-state index in [2.05, 4.69) is 15.4 Å². The number of rotatable bonds is 6. The molecule has 0 saturated heterocycles. The molecule has 0 aliphatic heterocycles. The maximum Gasteiger partial charge on any atom is 0.157 e. The van der Waals surface area contributed by atoms with E-state index in [0.717, 1.165) is 23.8 Å². The Kier molecular flexibility index (Phi) is 4.47. The summed E-state index contributed by atoms with van der Waals surface area (Å²) in [5, 5.41) is 17.2. The van der Waals surface area contributed by atoms with E-state index in [9.17, 15) is 13.9 Å². The van der Waals surface area contributed by atoms with Gasteiger partial charge in [-0.3, -0.25) is 0 Å². The molecule has 23 heavy (non-hydrogen) atoms. The first-order chi connectivity index (χ1) is 11.1. The number of fused-ring (bicyclic) bond motifs is 1. The van der Waals surface area contributed by atoms with E-state index in [1.54, 1.807) is 29.0 Å². The van der Waals surface area contributed by atoms with Crippen LogP contribution in [0.4, 0.5) is 14.6 Å². The van der Waals surface area contributed by atoms with Crippen LogP contribution in [0.25, 0.3) is 5.65 Å². The van der Waals surface area contributed by atoms with E-state index >= 15 is 0 Å². The van der Waals surface area contributed by atoms with Gasteiger partial charge in [0, 0.05) is 24.4 Å². The second kappa shape index (κ2) is 6.70. The van der Waals surface area contributed by atoms with Gasteiger partial charge in [0.1, 0.15) is 17.5 Å². The SMILES string of the molecule is OC(CCCNc1ccn2nccc2n1)c1cc(F)ccc1F. The minimum atomic E-state index is -1.03. The highest BCUT2D eigenvalue weighted by molar-refractivity contribution is 5.45. The van der Waals surface area contributed by atoms with Crippen molar-refractivity contribution in [3.63, 3.8) is 0 Å². The van der Waals surface area contributed by atoms with Crippen LogP contribution >= 0.6 is 0 Å². The molecule has 7 heteroatoms. The van der Waals surface area contributed by atoms with Gasteiger partial charge in [-0.15, -0.1) is 0 Å². The number of aromatic nitrogens is 3. The number of anilines is 1. The Morgan fingerprint density at radius 2 is 2.09 bits per heavy atom. The van der Waals surface area contributed by atoms with Crippen LogP contribution in [0.3, 0.4) is 0 Å². The highest BCUT2D eigenvalue weighted by atomic mass is 19.1. The molecule has 5 nitrogen and oxygen atoms in total. The number of nitrogens with zero attached hydrogens (tertiary/aromatic N) is 3. The van der Waals surface area contributed by atoms with E-state index in [1.807, 2.05) is 0 Å². The highest BCUT2D eigenvalue weighted by Crippen LogP contribution is 2.22. The third kappa shape index (κ3) is 3.62. The van der Waals surface area contributed by atoms with E-state index in [0.29, 0.717) is 25.2 Å². The van der Waals surface area contributed by atoms with Crippen LogP contribution in [-0.2, 0) is 0 Å². The fourth-order valence-corrected chi connectivity index (χ4v) is 2.35. The first-order valence-electron chi connectivity index (χ1n) is 7.31. The first kappa shape index (κ1) is 15.4. The second-order valence-electron chi connectivity index (χ2n) is 5.20. The quantitative estimate of drug-likeness (QED) is 0.686. The van der Waals surface area contributed by atoms with Gasteiger partial charge in [0.25, 0.3) is 0 Å². The van der Waals surface area contributed by atoms with Gasteiger partial charge in [0.15, 0.2) is 5.65 Å². The summed E-state index contributed by atoms with van der Waals surface area (Å²) in [5.41, 5.74) is 0.723. The third-order valence-electron chi connectivity index (χ3n) is 3.54. The second-order valence-corrected chi connectivity index (χ2v) is 5.20. The Labute approximate surface area is 131 Å². The van der Waals surface area contributed by atoms with Crippen molar-refractivity contribution in [3.8, 4) is 0 Å². The van der Waals surface area contributed by atoms with Crippen LogP contribution in [-0.4, -0.2) is 26.2 Å². The summed E-state index contributed by atoms with van der Waals surface area (Å²) in [6.07, 6.45) is 3.33. The van der Waals surface area contributed by atoms with E-state index in [-0.39, 0.29) is 5.56 Å². The van der Waals surface area contributed by atoms with Crippen molar-refractivity contribution >= 4 is 11.5 Å². The Hall–Kier alpha value is -2.54. The smallest absolute Gasteiger partial charge is 0.157 e. The largest absolute Gasteiger partial charge is 0.388 e. The summed E-state index contributed by atoms with van der Waals surface area (Å²) in [4.78, 5) is 4.35. The van der Waals surface area contributed by atoms with Gasteiger partial charge in [-0.25, -0.2) is 18.3 Å². The predicted octanol–water partition coefficient (Wildman–Crippen LogP) is 2.93. The molecule has 1 atom stereocenters. The number of halogens is 2. The van der Waals surface area contributed by atoms with E-state index in [4.69, 9.17) is 0 Å². The Morgan fingerprint density at radius 1 is 1.22 bits per heavy atom. The van der Waals surface area contributed by atoms with Crippen molar-refractivity contribution in [1.29, 1.82) is 0 Å². The normalized spacial score (nSPS) is 12.5. The van der Waals surface area contributed by atoms with Gasteiger partial charge in [-0.2, -0.15) is 5.10 Å². The summed E-state index contributed by atoms with van der Waals surface area (Å²) in [7, 11) is 0. The lowest BCUT2D eigenvalue weighted by Crippen LogP contribution is -2.08. The lowest BCUT2D eigenvalue weighted by atomic mass is 10.0. The van der Waals surface area contributed by atoms with Crippen LogP contribution < -0.4 is 5.32 Å². The molecule has 0 saturated carbocycles. The Balaban J connectivity index is 1.51. The number of hydrogen-bond acceptors (Lipinski definition) is 4. The molecule has 2 aromatic heterocycles. The van der Waals surface area contributed by atoms with Gasteiger partial charge in [0.2, 0.25) is 0 Å². The maximum absolute atomic E-state index is 13.6. The predicted molar refractivity (Wildman–Crippen MR) is 82.0 cm³/mol. The number of hydrogen-bond donors (Lipinski definition) is 2. The fourth-order valence-electron chi connectivity index (χ4n) is 2.35. The number of nitrogens with one attached hydrogen (secondary N) is 1. The van der Waals surface area contributed by atoms with Crippen LogP contribution in [0.1, 0.15) is 24.5 Å². The minimum absolute atomic E-state index is 0.0104. The number of aliphatic hydroxyl groups excluding tert-OH is 1. The summed E-state index contributed by atoms with van der Waals surface area (Å²) >= 11 is 0. The van der Waals surface area contributed by atoms with Crippen molar-refractivity contribution in [2.45, 2.75) is 18.9 Å². The van der Waals surface area contributed by atoms with Crippen molar-refractivity contribution in [2.24, 2.45) is 0 Å². The molecule has 3 aromatic rings. The van der Waals surface area contributed by atoms with Gasteiger partial charge in [-0.1, -0.05) is 0 Å². The molecule has 0 radical (unpaired) electrons. The van der Waals surface area contributed by atoms with Crippen molar-refractivity contribution in [2.75, 3.05) is 11.9 Å². The average Bonchev–Trinajstić information content (AvgIpc) is 3.01. The molecule has 3 rings (SSSR count). The average molecular weight is 318 g/mol. The molecule has 2 heterocycles. The summed E-state index contributed by atoms with van der Waals surface area (Å²) in [6.45, 7) is 0.561. The van der Waals surface area contributed by atoms with Crippen LogP contribution in [0, 0.1) is 11.6 Å². The number of benzene rings is 1. The zero-order valence-corrected chi connectivity index (χ0v) is 12.3. The number of aliphatic hydroxyl groups is 1. The van der Waals surface area contributed by atoms with Crippen LogP contribution in [0.2, 0.25) is 0 Å². The lowest BCUT2D eigenvalue weighted by molar-refractivity contribution is 0.161. The van der Waals surface area contributed by atoms with Gasteiger partial charge < -0.3 is 10.4 Å². The zero-order chi connectivity index (χ0) is 16.2. The summed E-state index contributed by atoms with van der Waals surface area (Å²) in [6, 6.07) is 6.68. The Morgan fingerprint density at radius 3 is 2.96 bits per heavy atom. The minimum Gasteiger partial charge on any atom is -0.388 e. The molecule has 0 fully saturated rings. The standard InChI is InChI=1S/C16H16F2N4O/c17-11-3-4-13(18)12(10-11)14(23)2-1-7-19-15-6-9-22-16(21-15)5-8-20-22/h3-6,8-10,14,23H,1-2,7H2,(H,19,21). The maximum atomic E-state index is 13.6. The highest BCUT2D eigenvalue weighted by Gasteiger charge is 2.13. The first-order valence-corrected chi connectivity index (χ1v) is 7.31. The molecular weight excluding hydrogens is 302 g/mol. The molecule has 0 aliphatic carbocycles. The summed E-state index contributed by atoms with van der Waals surface area (Å²) in [5.74, 6) is -0.457. The van der Waals surface area contributed by atoms with Gasteiger partial charge in [0.05, 0.1) is 12.3 Å². The third-order valence-corrected chi connectivity index (χ3v) is 3.54. The molecule has 0 spiro atoms. The molecule has 0 bridgehead atoms. The van der Waals surface area contributed by atoms with Crippen molar-refractivity contribution in [3.05, 3.63) is 59.9 Å². The molecule has 1 unspecified atom stereocenters. The molecule has 2 N–H and O–H groups in total. The van der Waals surface area contributed by atoms with Gasteiger partial charge >= 0.3 is 0 Å².